The van der Waals surface area contributed by atoms with Gasteiger partial charge in [0.15, 0.2) is 0 Å². The minimum absolute atomic E-state index is 0.624. The summed E-state index contributed by atoms with van der Waals surface area (Å²) in [7, 11) is 0. The van der Waals surface area contributed by atoms with E-state index in [0.29, 0.717) is 12.1 Å². The fourth-order valence-electron chi connectivity index (χ4n) is 2.98. The largest absolute Gasteiger partial charge is 0.391 e. The first kappa shape index (κ1) is 7.63. The monoisotopic (exact) mass is 176 g/mol. The Morgan fingerprint density at radius 3 is 3.00 bits per heavy atom. The lowest BCUT2D eigenvalue weighted by Gasteiger charge is -2.27. The maximum Gasteiger partial charge on any atom is 0.0320 e. The molecule has 2 N–H and O–H groups in total. The maximum absolute atomic E-state index is 3.68. The molecule has 70 valence electrons. The molecule has 4 atom stereocenters. The third-order valence-electron chi connectivity index (χ3n) is 3.64. The summed E-state index contributed by atoms with van der Waals surface area (Å²) in [4.78, 5) is 0. The molecule has 3 aliphatic rings. The van der Waals surface area contributed by atoms with Gasteiger partial charge in [0, 0.05) is 18.6 Å². The molecule has 3 rings (SSSR count). The lowest BCUT2D eigenvalue weighted by atomic mass is 9.80. The highest BCUT2D eigenvalue weighted by atomic mass is 15.0. The van der Waals surface area contributed by atoms with Gasteiger partial charge in [-0.1, -0.05) is 18.2 Å². The van der Waals surface area contributed by atoms with E-state index in [1.165, 1.54) is 12.8 Å². The van der Waals surface area contributed by atoms with Crippen LogP contribution in [-0.2, 0) is 0 Å². The Labute approximate surface area is 79.1 Å². The molecule has 2 nitrogen and oxygen atoms in total. The summed E-state index contributed by atoms with van der Waals surface area (Å²) in [6.45, 7) is 1.16. The van der Waals surface area contributed by atoms with Crippen molar-refractivity contribution in [2.45, 2.75) is 24.9 Å². The third-order valence-corrected chi connectivity index (χ3v) is 3.64. The average molecular weight is 176 g/mol. The van der Waals surface area contributed by atoms with Crippen molar-refractivity contribution in [2.75, 3.05) is 6.54 Å². The highest BCUT2D eigenvalue weighted by Gasteiger charge is 2.41. The first-order valence-corrected chi connectivity index (χ1v) is 5.28. The van der Waals surface area contributed by atoms with Crippen molar-refractivity contribution in [3.8, 4) is 0 Å². The molecular weight excluding hydrogens is 160 g/mol. The van der Waals surface area contributed by atoms with E-state index in [9.17, 15) is 0 Å². The summed E-state index contributed by atoms with van der Waals surface area (Å²) < 4.78 is 0. The number of rotatable bonds is 0. The van der Waals surface area contributed by atoms with Gasteiger partial charge in [0.2, 0.25) is 0 Å². The average Bonchev–Trinajstić information content (AvgIpc) is 2.56. The molecule has 0 aromatic heterocycles. The predicted octanol–water partition coefficient (Wildman–Crippen LogP) is 1.03. The van der Waals surface area contributed by atoms with Crippen molar-refractivity contribution in [3.63, 3.8) is 0 Å². The molecule has 0 amide bonds. The second-order valence-electron chi connectivity index (χ2n) is 4.32. The van der Waals surface area contributed by atoms with E-state index in [1.807, 2.05) is 0 Å². The van der Waals surface area contributed by atoms with Gasteiger partial charge in [-0.05, 0) is 30.9 Å². The Hall–Kier alpha value is -0.760. The van der Waals surface area contributed by atoms with Crippen LogP contribution in [0.3, 0.4) is 0 Å². The van der Waals surface area contributed by atoms with Crippen LogP contribution in [0.25, 0.3) is 0 Å². The SMILES string of the molecule is C1=CC2NC3C=CNCC3C2CC1. The molecule has 2 heterocycles. The second kappa shape index (κ2) is 2.88. The van der Waals surface area contributed by atoms with Crippen molar-refractivity contribution < 1.29 is 0 Å². The molecule has 13 heavy (non-hydrogen) atoms. The summed E-state index contributed by atoms with van der Waals surface area (Å²) in [6, 6.07) is 1.27. The van der Waals surface area contributed by atoms with E-state index in [-0.39, 0.29) is 0 Å². The van der Waals surface area contributed by atoms with Crippen LogP contribution in [0.5, 0.6) is 0 Å². The Kier molecular flexibility index (Phi) is 1.69. The molecule has 0 aromatic carbocycles. The Morgan fingerprint density at radius 1 is 1.08 bits per heavy atom. The van der Waals surface area contributed by atoms with Crippen LogP contribution in [-0.4, -0.2) is 18.6 Å². The van der Waals surface area contributed by atoms with Crippen molar-refractivity contribution in [3.05, 3.63) is 24.4 Å². The summed E-state index contributed by atoms with van der Waals surface area (Å²) in [5.74, 6) is 1.69. The van der Waals surface area contributed by atoms with E-state index in [0.717, 1.165) is 18.4 Å². The predicted molar refractivity (Wildman–Crippen MR) is 53.2 cm³/mol. The summed E-state index contributed by atoms with van der Waals surface area (Å²) in [6.07, 6.45) is 11.7. The van der Waals surface area contributed by atoms with Gasteiger partial charge in [-0.2, -0.15) is 0 Å². The quantitative estimate of drug-likeness (QED) is 0.539. The molecule has 1 saturated heterocycles. The van der Waals surface area contributed by atoms with Gasteiger partial charge in [0.05, 0.1) is 0 Å². The normalized spacial score (nSPS) is 46.8. The van der Waals surface area contributed by atoms with Gasteiger partial charge in [-0.3, -0.25) is 0 Å². The number of hydrogen-bond acceptors (Lipinski definition) is 2. The minimum Gasteiger partial charge on any atom is -0.391 e. The van der Waals surface area contributed by atoms with Gasteiger partial charge < -0.3 is 10.6 Å². The minimum atomic E-state index is 0.624. The number of fused-ring (bicyclic) bond motifs is 3. The van der Waals surface area contributed by atoms with Crippen LogP contribution in [0.2, 0.25) is 0 Å². The number of hydrogen-bond donors (Lipinski definition) is 2. The smallest absolute Gasteiger partial charge is 0.0320 e. The number of allylic oxidation sites excluding steroid dienone is 1. The van der Waals surface area contributed by atoms with E-state index < -0.39 is 0 Å². The molecule has 0 saturated carbocycles. The van der Waals surface area contributed by atoms with Crippen LogP contribution in [0.1, 0.15) is 12.8 Å². The zero-order valence-electron chi connectivity index (χ0n) is 7.74. The third kappa shape index (κ3) is 1.12. The molecule has 2 heteroatoms. The van der Waals surface area contributed by atoms with Crippen LogP contribution >= 0.6 is 0 Å². The van der Waals surface area contributed by atoms with Crippen LogP contribution < -0.4 is 10.6 Å². The fourth-order valence-corrected chi connectivity index (χ4v) is 2.98. The first-order chi connectivity index (χ1) is 6.45. The molecule has 0 aromatic rings. The molecule has 2 aliphatic heterocycles. The van der Waals surface area contributed by atoms with Gasteiger partial charge in [-0.25, -0.2) is 0 Å². The van der Waals surface area contributed by atoms with E-state index in [1.54, 1.807) is 0 Å². The lowest BCUT2D eigenvalue weighted by molar-refractivity contribution is 0.333. The Morgan fingerprint density at radius 2 is 2.00 bits per heavy atom. The fraction of sp³-hybridized carbons (Fsp3) is 0.636. The topological polar surface area (TPSA) is 24.1 Å². The van der Waals surface area contributed by atoms with E-state index >= 15 is 0 Å². The second-order valence-corrected chi connectivity index (χ2v) is 4.32. The Balaban J connectivity index is 1.87. The van der Waals surface area contributed by atoms with Gasteiger partial charge in [0.1, 0.15) is 0 Å². The highest BCUT2D eigenvalue weighted by molar-refractivity contribution is 5.16. The zero-order valence-corrected chi connectivity index (χ0v) is 7.74. The van der Waals surface area contributed by atoms with Gasteiger partial charge >= 0.3 is 0 Å². The number of nitrogens with one attached hydrogen (secondary N) is 2. The van der Waals surface area contributed by atoms with Crippen LogP contribution in [0, 0.1) is 11.8 Å². The van der Waals surface area contributed by atoms with Crippen molar-refractivity contribution in [1.29, 1.82) is 0 Å². The van der Waals surface area contributed by atoms with E-state index in [4.69, 9.17) is 0 Å². The van der Waals surface area contributed by atoms with Crippen molar-refractivity contribution >= 4 is 0 Å². The molecule has 1 aliphatic carbocycles. The highest BCUT2D eigenvalue weighted by Crippen LogP contribution is 2.35. The lowest BCUT2D eigenvalue weighted by Crippen LogP contribution is -2.36. The molecule has 0 spiro atoms. The summed E-state index contributed by atoms with van der Waals surface area (Å²) in [5.41, 5.74) is 0. The van der Waals surface area contributed by atoms with E-state index in [2.05, 4.69) is 35.1 Å². The zero-order chi connectivity index (χ0) is 8.67. The van der Waals surface area contributed by atoms with Crippen molar-refractivity contribution in [2.24, 2.45) is 11.8 Å². The van der Waals surface area contributed by atoms with Crippen LogP contribution in [0.4, 0.5) is 0 Å². The molecular formula is C11H16N2. The van der Waals surface area contributed by atoms with Gasteiger partial charge in [0.25, 0.3) is 0 Å². The maximum atomic E-state index is 3.68. The summed E-state index contributed by atoms with van der Waals surface area (Å²) in [5, 5.41) is 7.03. The molecule has 1 fully saturated rings. The molecule has 0 radical (unpaired) electrons. The van der Waals surface area contributed by atoms with Crippen LogP contribution in [0.15, 0.2) is 24.4 Å². The first-order valence-electron chi connectivity index (χ1n) is 5.28. The molecule has 4 unspecified atom stereocenters. The molecule has 0 bridgehead atoms. The van der Waals surface area contributed by atoms with Crippen molar-refractivity contribution in [1.82, 2.24) is 10.6 Å². The summed E-state index contributed by atoms with van der Waals surface area (Å²) >= 11 is 0. The standard InChI is InChI=1S/C11H16N2/c1-2-4-10-8(3-1)9-7-12-6-5-11(9)13-10/h2,4-6,8-13H,1,3,7H2. The van der Waals surface area contributed by atoms with Gasteiger partial charge in [-0.15, -0.1) is 0 Å². The Bertz CT molecular complexity index is 231.